The minimum atomic E-state index is -5.52. The Balaban J connectivity index is -0.000000131. The Labute approximate surface area is 86.2 Å². The number of hydrogen-bond donors (Lipinski definition) is 6. The van der Waals surface area contributed by atoms with Gasteiger partial charge in [-0.2, -0.15) is 0 Å². The molecule has 0 aliphatic rings. The number of rotatable bonds is 0. The fourth-order valence-corrected chi connectivity index (χ4v) is 0. The van der Waals surface area contributed by atoms with Gasteiger partial charge in [-0.15, -0.1) is 0 Å². The summed E-state index contributed by atoms with van der Waals surface area (Å²) in [6.07, 6.45) is 0. The van der Waals surface area contributed by atoms with Crippen molar-refractivity contribution >= 4 is 7.82 Å². The van der Waals surface area contributed by atoms with Crippen LogP contribution in [0.1, 0.15) is 0 Å². The summed E-state index contributed by atoms with van der Waals surface area (Å²) in [7, 11) is -4.64. The van der Waals surface area contributed by atoms with Crippen LogP contribution in [0, 0.1) is 0 Å². The van der Waals surface area contributed by atoms with Crippen molar-refractivity contribution in [2.75, 3.05) is 0 Å². The average Bonchev–Trinajstić information content (AvgIpc) is 1.45. The van der Waals surface area contributed by atoms with Gasteiger partial charge in [0.25, 0.3) is 0 Å². The van der Waals surface area contributed by atoms with Crippen LogP contribution in [0.4, 0.5) is 0 Å². The molecule has 0 atom stereocenters. The maximum absolute atomic E-state index is 8.88. The SMILES string of the molecule is O=P(O)(O)O.[O]=[Mo](=[O])([OH])[OH].[O]=[W](=[O])[OH]. The van der Waals surface area contributed by atoms with Crippen molar-refractivity contribution < 1.29 is 78.5 Å². The van der Waals surface area contributed by atoms with Crippen LogP contribution in [0.2, 0.25) is 0 Å². The second kappa shape index (κ2) is 8.84. The fraction of sp³-hybridized carbons (Fsp3) is 0. The summed E-state index contributed by atoms with van der Waals surface area (Å²) in [5, 5.41) is 0. The van der Waals surface area contributed by atoms with E-state index >= 15 is 0 Å². The molecule has 0 aromatic rings. The molecule has 0 aliphatic heterocycles. The van der Waals surface area contributed by atoms with E-state index in [-0.39, 0.29) is 0 Å². The Morgan fingerprint density at radius 2 is 1.00 bits per heavy atom. The summed E-state index contributed by atoms with van der Waals surface area (Å²) in [4.78, 5) is 21.6. The molecule has 0 aromatic carbocycles. The molecular weight excluding hydrogens is 487 g/mol. The van der Waals surface area contributed by atoms with Gasteiger partial charge in [-0.3, -0.25) is 0 Å². The van der Waals surface area contributed by atoms with Crippen LogP contribution in [-0.2, 0) is 52.5 Å². The van der Waals surface area contributed by atoms with E-state index < -0.39 is 42.2 Å². The van der Waals surface area contributed by atoms with E-state index in [0.29, 0.717) is 0 Å². The summed E-state index contributed by atoms with van der Waals surface area (Å²) in [5.74, 6) is 0. The van der Waals surface area contributed by atoms with Crippen molar-refractivity contribution in [3.63, 3.8) is 0 Å². The molecule has 0 fully saturated rings. The molecule has 0 aromatic heterocycles. The molecule has 0 amide bonds. The van der Waals surface area contributed by atoms with E-state index in [1.54, 1.807) is 0 Å². The van der Waals surface area contributed by atoms with Crippen molar-refractivity contribution in [3.8, 4) is 0 Å². The first-order valence-corrected chi connectivity index (χ1v) is 10.7. The van der Waals surface area contributed by atoms with E-state index in [9.17, 15) is 0 Å². The Morgan fingerprint density at radius 1 is 1.00 bits per heavy atom. The molecule has 89 valence electrons. The first-order chi connectivity index (χ1) is 5.73. The van der Waals surface area contributed by atoms with Crippen LogP contribution in [-0.4, -0.2) is 26.0 Å². The van der Waals surface area contributed by atoms with Crippen molar-refractivity contribution in [3.05, 3.63) is 0 Å². The molecule has 14 heavy (non-hydrogen) atoms. The molecule has 0 spiro atoms. The Bertz CT molecular complexity index is 302. The third kappa shape index (κ3) is 5240. The van der Waals surface area contributed by atoms with Gasteiger partial charge < -0.3 is 14.7 Å². The van der Waals surface area contributed by atoms with Crippen molar-refractivity contribution in [2.45, 2.75) is 0 Å². The Kier molecular flexibility index (Phi) is 12.7. The standard InChI is InChI=1S/Mo.H3O4P.3H2O.4O.W/c;1-5(2,3)4;;;;;;;;/h;(H3,1,2,3,4);3*1H2;;;;;/q+2;;;;;;;;;+1/p-3. The first-order valence-electron chi connectivity index (χ1n) is 2.00. The van der Waals surface area contributed by atoms with Crippen LogP contribution in [0.5, 0.6) is 0 Å². The van der Waals surface area contributed by atoms with Crippen molar-refractivity contribution in [1.29, 1.82) is 0 Å². The molecule has 0 saturated heterocycles. The van der Waals surface area contributed by atoms with Crippen LogP contribution >= 0.6 is 7.82 Å². The monoisotopic (exact) mass is 495 g/mol. The zero-order chi connectivity index (χ0) is 12.6. The maximum atomic E-state index is 8.88. The van der Waals surface area contributed by atoms with Crippen LogP contribution in [0.3, 0.4) is 0 Å². The molecular formula is H6MoO11PW. The third-order valence-electron chi connectivity index (χ3n) is 0. The van der Waals surface area contributed by atoms with Gasteiger partial charge in [-0.1, -0.05) is 0 Å². The first kappa shape index (κ1) is 20.0. The second-order valence-electron chi connectivity index (χ2n) is 1.18. The van der Waals surface area contributed by atoms with Gasteiger partial charge >= 0.3 is 67.1 Å². The predicted molar refractivity (Wildman–Crippen MR) is 23.7 cm³/mol. The van der Waals surface area contributed by atoms with Gasteiger partial charge in [0.15, 0.2) is 0 Å². The number of phosphoric acid groups is 1. The molecule has 6 N–H and O–H groups in total. The quantitative estimate of drug-likeness (QED) is 0.148. The molecule has 0 aliphatic carbocycles. The van der Waals surface area contributed by atoms with Crippen LogP contribution in [0.15, 0.2) is 0 Å². The third-order valence-corrected chi connectivity index (χ3v) is 0. The van der Waals surface area contributed by atoms with Gasteiger partial charge in [-0.05, 0) is 0 Å². The van der Waals surface area contributed by atoms with Crippen LogP contribution < -0.4 is 0 Å². The van der Waals surface area contributed by atoms with Gasteiger partial charge in [0, 0.05) is 0 Å². The van der Waals surface area contributed by atoms with Gasteiger partial charge in [0.2, 0.25) is 0 Å². The summed E-state index contributed by atoms with van der Waals surface area (Å²) < 4.78 is 65.5. The predicted octanol–water partition coefficient (Wildman–Crippen LogP) is -3.08. The molecule has 11 nitrogen and oxygen atoms in total. The fourth-order valence-electron chi connectivity index (χ4n) is 0. The van der Waals surface area contributed by atoms with E-state index in [1.807, 2.05) is 0 Å². The van der Waals surface area contributed by atoms with Gasteiger partial charge in [0.1, 0.15) is 0 Å². The van der Waals surface area contributed by atoms with E-state index in [2.05, 4.69) is 0 Å². The van der Waals surface area contributed by atoms with E-state index in [0.717, 1.165) is 0 Å². The molecule has 0 heterocycles. The molecule has 0 unspecified atom stereocenters. The zero-order valence-corrected chi connectivity index (χ0v) is 11.8. The number of hydrogen-bond acceptors (Lipinski definition) is 5. The van der Waals surface area contributed by atoms with Crippen molar-refractivity contribution in [1.82, 2.24) is 0 Å². The van der Waals surface area contributed by atoms with Gasteiger partial charge in [0.05, 0.1) is 0 Å². The van der Waals surface area contributed by atoms with Gasteiger partial charge in [-0.25, -0.2) is 4.57 Å². The molecule has 0 radical (unpaired) electrons. The van der Waals surface area contributed by atoms with E-state index in [1.165, 1.54) is 0 Å². The molecule has 0 rings (SSSR count). The molecule has 0 bridgehead atoms. The average molecular weight is 493 g/mol. The normalized spacial score (nSPS) is 10.1. The zero-order valence-electron chi connectivity index (χ0n) is 5.99. The summed E-state index contributed by atoms with van der Waals surface area (Å²) in [6.45, 7) is 0. The van der Waals surface area contributed by atoms with E-state index in [4.69, 9.17) is 44.1 Å². The van der Waals surface area contributed by atoms with Crippen molar-refractivity contribution in [2.24, 2.45) is 0 Å². The summed E-state index contributed by atoms with van der Waals surface area (Å²) in [6, 6.07) is 0. The summed E-state index contributed by atoms with van der Waals surface area (Å²) in [5.41, 5.74) is 0. The molecule has 14 heteroatoms. The minimum absolute atomic E-state index is 4.03. The Hall–Kier alpha value is 0.567. The molecule has 0 saturated carbocycles. The second-order valence-corrected chi connectivity index (χ2v) is 5.97. The van der Waals surface area contributed by atoms with Crippen LogP contribution in [0.25, 0.3) is 0 Å². The summed E-state index contributed by atoms with van der Waals surface area (Å²) >= 11 is -9.55. The topological polar surface area (TPSA) is 207 Å². The Morgan fingerprint density at radius 3 is 1.00 bits per heavy atom.